The fourth-order valence-corrected chi connectivity index (χ4v) is 3.51. The van der Waals surface area contributed by atoms with E-state index in [4.69, 9.17) is 5.73 Å². The third-order valence-electron chi connectivity index (χ3n) is 4.21. The zero-order valence-electron chi connectivity index (χ0n) is 14.2. The van der Waals surface area contributed by atoms with E-state index in [1.165, 1.54) is 17.1 Å². The zero-order chi connectivity index (χ0) is 17.2. The van der Waals surface area contributed by atoms with Crippen LogP contribution in [0.25, 0.3) is 0 Å². The summed E-state index contributed by atoms with van der Waals surface area (Å²) in [5, 5.41) is 0. The summed E-state index contributed by atoms with van der Waals surface area (Å²) in [6, 6.07) is 7.27. The summed E-state index contributed by atoms with van der Waals surface area (Å²) in [5.41, 5.74) is 6.89. The second-order valence-electron chi connectivity index (χ2n) is 6.28. The van der Waals surface area contributed by atoms with E-state index in [1.807, 2.05) is 25.8 Å². The Kier molecular flexibility index (Phi) is 5.31. The molecular weight excluding hydrogens is 312 g/mol. The van der Waals surface area contributed by atoms with Crippen molar-refractivity contribution in [2.24, 2.45) is 10.7 Å². The molecule has 1 aliphatic rings. The highest BCUT2D eigenvalue weighted by atomic mass is 32.2. The summed E-state index contributed by atoms with van der Waals surface area (Å²) in [6.07, 6.45) is 2.34. The van der Waals surface area contributed by atoms with Gasteiger partial charge in [0.2, 0.25) is 10.0 Å². The highest BCUT2D eigenvalue weighted by Gasteiger charge is 2.27. The third-order valence-corrected chi connectivity index (χ3v) is 6.25. The summed E-state index contributed by atoms with van der Waals surface area (Å²) in [5.74, 6) is 0.531. The van der Waals surface area contributed by atoms with E-state index in [9.17, 15) is 8.42 Å². The fourth-order valence-electron chi connectivity index (χ4n) is 2.14. The molecule has 1 saturated carbocycles. The fraction of sp³-hybridized carbons (Fsp3) is 0.562. The molecule has 1 aromatic carbocycles. The van der Waals surface area contributed by atoms with Crippen LogP contribution in [0.15, 0.2) is 34.2 Å². The van der Waals surface area contributed by atoms with Crippen LogP contribution >= 0.6 is 0 Å². The van der Waals surface area contributed by atoms with Crippen LogP contribution in [0.5, 0.6) is 0 Å². The molecule has 1 fully saturated rings. The van der Waals surface area contributed by atoms with Crippen LogP contribution in [0.2, 0.25) is 0 Å². The first-order valence-corrected chi connectivity index (χ1v) is 9.27. The Morgan fingerprint density at radius 3 is 2.30 bits per heavy atom. The first-order valence-electron chi connectivity index (χ1n) is 7.83. The first kappa shape index (κ1) is 17.7. The van der Waals surface area contributed by atoms with Crippen molar-refractivity contribution in [3.63, 3.8) is 0 Å². The van der Waals surface area contributed by atoms with Crippen LogP contribution in [0, 0.1) is 0 Å². The molecule has 2 N–H and O–H groups in total. The van der Waals surface area contributed by atoms with Crippen molar-refractivity contribution in [2.45, 2.75) is 50.2 Å². The Bertz CT molecular complexity index is 664. The molecule has 6 nitrogen and oxygen atoms in total. The summed E-state index contributed by atoms with van der Waals surface area (Å²) < 4.78 is 26.2. The predicted molar refractivity (Wildman–Crippen MR) is 92.6 cm³/mol. The van der Waals surface area contributed by atoms with Crippen molar-refractivity contribution in [1.82, 2.24) is 9.21 Å². The molecule has 7 heteroatoms. The van der Waals surface area contributed by atoms with Gasteiger partial charge in [0.15, 0.2) is 5.96 Å². The van der Waals surface area contributed by atoms with Gasteiger partial charge in [-0.05, 0) is 44.4 Å². The second-order valence-corrected chi connectivity index (χ2v) is 8.27. The van der Waals surface area contributed by atoms with Crippen molar-refractivity contribution in [2.75, 3.05) is 14.1 Å². The first-order chi connectivity index (χ1) is 10.7. The number of hydrogen-bond donors (Lipinski definition) is 1. The van der Waals surface area contributed by atoms with Gasteiger partial charge in [0.25, 0.3) is 0 Å². The summed E-state index contributed by atoms with van der Waals surface area (Å²) in [6.45, 7) is 4.14. The van der Waals surface area contributed by atoms with E-state index >= 15 is 0 Å². The van der Waals surface area contributed by atoms with Gasteiger partial charge >= 0.3 is 0 Å². The molecule has 0 amide bonds. The minimum absolute atomic E-state index is 0.0814. The Morgan fingerprint density at radius 1 is 1.26 bits per heavy atom. The smallest absolute Gasteiger partial charge is 0.243 e. The Labute approximate surface area is 139 Å². The lowest BCUT2D eigenvalue weighted by Crippen LogP contribution is -2.35. The van der Waals surface area contributed by atoms with Crippen molar-refractivity contribution < 1.29 is 8.42 Å². The highest BCUT2D eigenvalue weighted by Crippen LogP contribution is 2.25. The largest absolute Gasteiger partial charge is 0.370 e. The molecule has 2 rings (SSSR count). The van der Waals surface area contributed by atoms with E-state index in [1.54, 1.807) is 31.3 Å². The maximum Gasteiger partial charge on any atom is 0.243 e. The van der Waals surface area contributed by atoms with Crippen molar-refractivity contribution in [3.05, 3.63) is 29.8 Å². The minimum Gasteiger partial charge on any atom is -0.370 e. The number of hydrogen-bond acceptors (Lipinski definition) is 3. The average molecular weight is 338 g/mol. The lowest BCUT2D eigenvalue weighted by molar-refractivity contribution is 0.410. The molecule has 0 radical (unpaired) electrons. The average Bonchev–Trinajstić information content (AvgIpc) is 3.36. The van der Waals surface area contributed by atoms with Gasteiger partial charge in [-0.1, -0.05) is 12.1 Å². The Morgan fingerprint density at radius 2 is 1.83 bits per heavy atom. The molecule has 1 aromatic rings. The molecule has 0 aromatic heterocycles. The number of aliphatic imine (C=N–C) groups is 1. The molecule has 23 heavy (non-hydrogen) atoms. The number of rotatable bonds is 6. The molecule has 1 aliphatic carbocycles. The molecule has 0 spiro atoms. The van der Waals surface area contributed by atoms with Gasteiger partial charge in [0.05, 0.1) is 11.4 Å². The molecule has 0 unspecified atom stereocenters. The van der Waals surface area contributed by atoms with Crippen LogP contribution in [0.3, 0.4) is 0 Å². The van der Waals surface area contributed by atoms with Crippen LogP contribution in [-0.2, 0) is 16.6 Å². The van der Waals surface area contributed by atoms with Crippen molar-refractivity contribution >= 4 is 16.0 Å². The maximum atomic E-state index is 12.4. The van der Waals surface area contributed by atoms with E-state index in [2.05, 4.69) is 4.99 Å². The number of nitrogens with zero attached hydrogens (tertiary/aromatic N) is 3. The standard InChI is InChI=1S/C16H26N4O2S/c1-12(2)20(4)23(21,22)15-9-5-13(6-10-15)11-18-16(17)19(3)14-7-8-14/h5-6,9-10,12,14H,7-8,11H2,1-4H3,(H2,17,18). The minimum atomic E-state index is -3.44. The maximum absolute atomic E-state index is 12.4. The molecule has 0 aliphatic heterocycles. The van der Waals surface area contributed by atoms with Gasteiger partial charge in [-0.2, -0.15) is 4.31 Å². The van der Waals surface area contributed by atoms with Gasteiger partial charge in [0, 0.05) is 26.2 Å². The predicted octanol–water partition coefficient (Wildman–Crippen LogP) is 1.62. The van der Waals surface area contributed by atoms with Gasteiger partial charge in [-0.3, -0.25) is 0 Å². The molecular formula is C16H26N4O2S. The third kappa shape index (κ3) is 4.23. The summed E-state index contributed by atoms with van der Waals surface area (Å²) in [4.78, 5) is 6.66. The lowest BCUT2D eigenvalue weighted by Gasteiger charge is -2.21. The highest BCUT2D eigenvalue weighted by molar-refractivity contribution is 7.89. The monoisotopic (exact) mass is 338 g/mol. The van der Waals surface area contributed by atoms with Gasteiger partial charge in [-0.15, -0.1) is 0 Å². The quantitative estimate of drug-likeness (QED) is 0.631. The van der Waals surface area contributed by atoms with Gasteiger partial charge in [0.1, 0.15) is 0 Å². The molecule has 0 saturated heterocycles. The van der Waals surface area contributed by atoms with Gasteiger partial charge < -0.3 is 10.6 Å². The molecule has 0 bridgehead atoms. The van der Waals surface area contributed by atoms with E-state index in [0.29, 0.717) is 23.4 Å². The van der Waals surface area contributed by atoms with Crippen LogP contribution < -0.4 is 5.73 Å². The number of guanidine groups is 1. The number of sulfonamides is 1. The summed E-state index contributed by atoms with van der Waals surface area (Å²) in [7, 11) is 0.104. The van der Waals surface area contributed by atoms with Crippen molar-refractivity contribution in [1.29, 1.82) is 0 Å². The topological polar surface area (TPSA) is 79.0 Å². The van der Waals surface area contributed by atoms with Crippen LogP contribution in [0.1, 0.15) is 32.3 Å². The van der Waals surface area contributed by atoms with E-state index < -0.39 is 10.0 Å². The normalized spacial score (nSPS) is 16.2. The zero-order valence-corrected chi connectivity index (χ0v) is 15.0. The molecule has 128 valence electrons. The lowest BCUT2D eigenvalue weighted by atomic mass is 10.2. The Balaban J connectivity index is 2.06. The van der Waals surface area contributed by atoms with Gasteiger partial charge in [-0.25, -0.2) is 13.4 Å². The van der Waals surface area contributed by atoms with Crippen molar-refractivity contribution in [3.8, 4) is 0 Å². The Hall–Kier alpha value is -1.60. The van der Waals surface area contributed by atoms with Crippen LogP contribution in [-0.4, -0.2) is 49.8 Å². The second kappa shape index (κ2) is 6.88. The van der Waals surface area contributed by atoms with E-state index in [-0.39, 0.29) is 6.04 Å². The molecule has 0 heterocycles. The number of nitrogens with two attached hydrogens (primary N) is 1. The summed E-state index contributed by atoms with van der Waals surface area (Å²) >= 11 is 0. The molecule has 0 atom stereocenters. The SMILES string of the molecule is CC(C)N(C)S(=O)(=O)c1ccc(CN=C(N)N(C)C2CC2)cc1. The van der Waals surface area contributed by atoms with Crippen LogP contribution in [0.4, 0.5) is 0 Å². The van der Waals surface area contributed by atoms with E-state index in [0.717, 1.165) is 5.56 Å². The number of benzene rings is 1.